The average molecular weight is 305 g/mol. The summed E-state index contributed by atoms with van der Waals surface area (Å²) in [5.41, 5.74) is 0.525. The lowest BCUT2D eigenvalue weighted by Crippen LogP contribution is -2.17. The molecule has 0 unspecified atom stereocenters. The monoisotopic (exact) mass is 305 g/mol. The minimum Gasteiger partial charge on any atom is -0.263 e. The number of aromatic amines is 1. The van der Waals surface area contributed by atoms with Crippen molar-refractivity contribution in [3.8, 4) is 0 Å². The van der Waals surface area contributed by atoms with E-state index in [0.717, 1.165) is 0 Å². The van der Waals surface area contributed by atoms with Gasteiger partial charge in [0.15, 0.2) is 4.90 Å². The Morgan fingerprint density at radius 3 is 2.40 bits per heavy atom. The van der Waals surface area contributed by atoms with Crippen molar-refractivity contribution in [3.05, 3.63) is 41.3 Å². The average Bonchev–Trinajstić information content (AvgIpc) is 2.73. The molecule has 20 heavy (non-hydrogen) atoms. The number of aromatic nitrogens is 2. The third-order valence-corrected chi connectivity index (χ3v) is 3.97. The number of H-pyrrole nitrogens is 1. The van der Waals surface area contributed by atoms with E-state index in [1.807, 2.05) is 4.72 Å². The maximum absolute atomic E-state index is 13.5. The Bertz CT molecular complexity index is 720. The minimum atomic E-state index is -4.53. The van der Waals surface area contributed by atoms with Gasteiger partial charge in [0.1, 0.15) is 23.3 Å². The topological polar surface area (TPSA) is 74.8 Å². The van der Waals surface area contributed by atoms with Crippen LogP contribution in [0, 0.1) is 17.5 Å². The molecule has 9 heteroatoms. The Kier molecular flexibility index (Phi) is 3.71. The molecule has 1 heterocycles. The van der Waals surface area contributed by atoms with Crippen molar-refractivity contribution >= 4 is 15.8 Å². The summed E-state index contributed by atoms with van der Waals surface area (Å²) in [6, 6.07) is 0.594. The van der Waals surface area contributed by atoms with Gasteiger partial charge in [-0.15, -0.1) is 0 Å². The molecule has 0 saturated carbocycles. The fourth-order valence-electron chi connectivity index (χ4n) is 1.64. The highest BCUT2D eigenvalue weighted by atomic mass is 32.2. The summed E-state index contributed by atoms with van der Waals surface area (Å²) >= 11 is 0. The molecular formula is C11H10F3N3O2S. The molecule has 2 aromatic rings. The van der Waals surface area contributed by atoms with E-state index in [2.05, 4.69) is 10.2 Å². The SMILES string of the molecule is CCc1cn[nH]c1NS(=O)(=O)c1c(F)cc(F)cc1F. The molecule has 0 fully saturated rings. The highest BCUT2D eigenvalue weighted by Crippen LogP contribution is 2.23. The van der Waals surface area contributed by atoms with E-state index in [4.69, 9.17) is 0 Å². The van der Waals surface area contributed by atoms with Crippen LogP contribution in [-0.4, -0.2) is 18.6 Å². The Morgan fingerprint density at radius 1 is 1.25 bits per heavy atom. The second-order valence-corrected chi connectivity index (χ2v) is 5.55. The van der Waals surface area contributed by atoms with Gasteiger partial charge in [0.25, 0.3) is 10.0 Å². The summed E-state index contributed by atoms with van der Waals surface area (Å²) in [7, 11) is -4.53. The van der Waals surface area contributed by atoms with E-state index >= 15 is 0 Å². The molecule has 0 aliphatic carbocycles. The molecule has 0 aliphatic heterocycles. The summed E-state index contributed by atoms with van der Waals surface area (Å²) in [6.45, 7) is 1.75. The molecule has 0 radical (unpaired) electrons. The van der Waals surface area contributed by atoms with Gasteiger partial charge in [-0.2, -0.15) is 5.10 Å². The molecule has 0 atom stereocenters. The van der Waals surface area contributed by atoms with Gasteiger partial charge in [0.2, 0.25) is 0 Å². The lowest BCUT2D eigenvalue weighted by atomic mass is 10.3. The third-order valence-electron chi connectivity index (χ3n) is 2.57. The van der Waals surface area contributed by atoms with Crippen molar-refractivity contribution in [2.45, 2.75) is 18.2 Å². The van der Waals surface area contributed by atoms with Crippen LogP contribution in [-0.2, 0) is 16.4 Å². The smallest absolute Gasteiger partial charge is 0.263 e. The number of benzene rings is 1. The predicted octanol–water partition coefficient (Wildman–Crippen LogP) is 2.19. The summed E-state index contributed by atoms with van der Waals surface area (Å²) in [5, 5.41) is 6.00. The van der Waals surface area contributed by atoms with Crippen molar-refractivity contribution in [2.75, 3.05) is 4.72 Å². The van der Waals surface area contributed by atoms with Gasteiger partial charge >= 0.3 is 0 Å². The largest absolute Gasteiger partial charge is 0.268 e. The van der Waals surface area contributed by atoms with Crippen molar-refractivity contribution in [1.29, 1.82) is 0 Å². The van der Waals surface area contributed by atoms with Crippen LogP contribution < -0.4 is 4.72 Å². The number of hydrogen-bond acceptors (Lipinski definition) is 3. The molecule has 1 aromatic carbocycles. The second kappa shape index (κ2) is 5.16. The molecule has 5 nitrogen and oxygen atoms in total. The number of sulfonamides is 1. The van der Waals surface area contributed by atoms with E-state index in [-0.39, 0.29) is 5.82 Å². The maximum atomic E-state index is 13.5. The highest BCUT2D eigenvalue weighted by molar-refractivity contribution is 7.92. The van der Waals surface area contributed by atoms with E-state index in [1.165, 1.54) is 6.20 Å². The molecule has 2 N–H and O–H groups in total. The van der Waals surface area contributed by atoms with Crippen LogP contribution in [0.2, 0.25) is 0 Å². The van der Waals surface area contributed by atoms with Gasteiger partial charge in [-0.1, -0.05) is 6.92 Å². The Morgan fingerprint density at radius 2 is 1.85 bits per heavy atom. The van der Waals surface area contributed by atoms with Crippen LogP contribution in [0.5, 0.6) is 0 Å². The molecule has 0 aliphatic rings. The molecule has 0 bridgehead atoms. The van der Waals surface area contributed by atoms with Crippen LogP contribution in [0.3, 0.4) is 0 Å². The zero-order valence-corrected chi connectivity index (χ0v) is 11.1. The van der Waals surface area contributed by atoms with Gasteiger partial charge < -0.3 is 0 Å². The van der Waals surface area contributed by atoms with Crippen LogP contribution in [0.1, 0.15) is 12.5 Å². The Hall–Kier alpha value is -2.03. The number of nitrogens with one attached hydrogen (secondary N) is 2. The van der Waals surface area contributed by atoms with Gasteiger partial charge in [-0.3, -0.25) is 9.82 Å². The lowest BCUT2D eigenvalue weighted by Gasteiger charge is -2.09. The first-order chi connectivity index (χ1) is 9.35. The number of aryl methyl sites for hydroxylation is 1. The van der Waals surface area contributed by atoms with E-state index in [1.54, 1.807) is 6.92 Å². The molecule has 0 amide bonds. The van der Waals surface area contributed by atoms with Crippen molar-refractivity contribution < 1.29 is 21.6 Å². The van der Waals surface area contributed by atoms with E-state index in [0.29, 0.717) is 24.1 Å². The summed E-state index contributed by atoms with van der Waals surface area (Å²) in [6.07, 6.45) is 1.85. The van der Waals surface area contributed by atoms with Crippen molar-refractivity contribution in [2.24, 2.45) is 0 Å². The van der Waals surface area contributed by atoms with Gasteiger partial charge in [-0.05, 0) is 6.42 Å². The maximum Gasteiger partial charge on any atom is 0.268 e. The molecule has 0 spiro atoms. The summed E-state index contributed by atoms with van der Waals surface area (Å²) in [4.78, 5) is -1.24. The molecule has 108 valence electrons. The Labute approximate surface area is 112 Å². The fourth-order valence-corrected chi connectivity index (χ4v) is 2.82. The molecule has 0 saturated heterocycles. The van der Waals surface area contributed by atoms with Crippen molar-refractivity contribution in [3.63, 3.8) is 0 Å². The van der Waals surface area contributed by atoms with Crippen LogP contribution in [0.15, 0.2) is 23.2 Å². The molecular weight excluding hydrogens is 295 g/mol. The normalized spacial score (nSPS) is 11.6. The third kappa shape index (κ3) is 2.62. The quantitative estimate of drug-likeness (QED) is 0.909. The van der Waals surface area contributed by atoms with Crippen LogP contribution in [0.25, 0.3) is 0 Å². The lowest BCUT2D eigenvalue weighted by molar-refractivity contribution is 0.498. The first-order valence-corrected chi connectivity index (χ1v) is 7.03. The number of nitrogens with zero attached hydrogens (tertiary/aromatic N) is 1. The Balaban J connectivity index is 2.46. The summed E-state index contributed by atoms with van der Waals surface area (Å²) in [5.74, 6) is -4.20. The number of halogens is 3. The van der Waals surface area contributed by atoms with Gasteiger partial charge in [0, 0.05) is 17.7 Å². The molecule has 1 aromatic heterocycles. The first kappa shape index (κ1) is 14.4. The van der Waals surface area contributed by atoms with E-state index < -0.39 is 32.4 Å². The fraction of sp³-hybridized carbons (Fsp3) is 0.182. The summed E-state index contributed by atoms with van der Waals surface area (Å²) < 4.78 is 65.7. The standard InChI is InChI=1S/C11H10F3N3O2S/c1-2-6-5-15-16-11(6)17-20(18,19)10-8(13)3-7(12)4-9(10)14/h3-5H,2H2,1H3,(H2,15,16,17). The first-order valence-electron chi connectivity index (χ1n) is 5.54. The van der Waals surface area contributed by atoms with Crippen LogP contribution in [0.4, 0.5) is 19.0 Å². The number of rotatable bonds is 4. The zero-order chi connectivity index (χ0) is 14.9. The van der Waals surface area contributed by atoms with Crippen LogP contribution >= 0.6 is 0 Å². The number of hydrogen-bond donors (Lipinski definition) is 2. The minimum absolute atomic E-state index is 0.00984. The van der Waals surface area contributed by atoms with Crippen molar-refractivity contribution in [1.82, 2.24) is 10.2 Å². The van der Waals surface area contributed by atoms with Gasteiger partial charge in [0.05, 0.1) is 6.20 Å². The predicted molar refractivity (Wildman–Crippen MR) is 65.1 cm³/mol. The zero-order valence-electron chi connectivity index (χ0n) is 10.2. The highest BCUT2D eigenvalue weighted by Gasteiger charge is 2.26. The second-order valence-electron chi connectivity index (χ2n) is 3.93. The number of anilines is 1. The van der Waals surface area contributed by atoms with E-state index in [9.17, 15) is 21.6 Å². The van der Waals surface area contributed by atoms with Gasteiger partial charge in [-0.25, -0.2) is 21.6 Å². The molecule has 2 rings (SSSR count).